The second kappa shape index (κ2) is 6.41. The molecule has 1 atom stereocenters. The Hall–Kier alpha value is -1.65. The Bertz CT molecular complexity index is 649. The fourth-order valence-corrected chi connectivity index (χ4v) is 2.25. The van der Waals surface area contributed by atoms with Crippen molar-refractivity contribution < 1.29 is 9.53 Å². The predicted octanol–water partition coefficient (Wildman–Crippen LogP) is 4.21. The molecule has 0 N–H and O–H groups in total. The van der Waals surface area contributed by atoms with Gasteiger partial charge in [-0.15, -0.1) is 0 Å². The van der Waals surface area contributed by atoms with Crippen molar-refractivity contribution in [1.29, 1.82) is 0 Å². The fourth-order valence-electron chi connectivity index (χ4n) is 1.80. The number of Topliss-reactive ketones (excluding diaryl/α,β-unsaturated/α-hetero) is 1. The van der Waals surface area contributed by atoms with Crippen LogP contribution < -0.4 is 4.74 Å². The van der Waals surface area contributed by atoms with E-state index in [-0.39, 0.29) is 5.78 Å². The van der Waals surface area contributed by atoms with E-state index in [1.54, 1.807) is 25.1 Å². The normalized spacial score (nSPS) is 13.5. The van der Waals surface area contributed by atoms with Gasteiger partial charge in [0.25, 0.3) is 0 Å². The first kappa shape index (κ1) is 15.7. The number of ether oxygens (including phenoxy) is 1. The molecule has 0 amide bonds. The van der Waals surface area contributed by atoms with E-state index in [0.29, 0.717) is 27.8 Å². The van der Waals surface area contributed by atoms with Gasteiger partial charge in [-0.1, -0.05) is 30.1 Å². The first-order valence-corrected chi connectivity index (χ1v) is 7.16. The summed E-state index contributed by atoms with van der Waals surface area (Å²) in [5, 5.41) is 0.868. The van der Waals surface area contributed by atoms with Gasteiger partial charge >= 0.3 is 0 Å². The van der Waals surface area contributed by atoms with Crippen molar-refractivity contribution in [2.75, 3.05) is 0 Å². The van der Waals surface area contributed by atoms with Crippen molar-refractivity contribution in [2.24, 2.45) is 0 Å². The average molecular weight is 325 g/mol. The van der Waals surface area contributed by atoms with Crippen LogP contribution in [0.2, 0.25) is 10.0 Å². The predicted molar refractivity (Wildman–Crippen MR) is 82.1 cm³/mol. The quantitative estimate of drug-likeness (QED) is 0.773. The first-order chi connectivity index (χ1) is 9.96. The first-order valence-electron chi connectivity index (χ1n) is 6.40. The highest BCUT2D eigenvalue weighted by Crippen LogP contribution is 2.32. The molecule has 0 spiro atoms. The average Bonchev–Trinajstić information content (AvgIpc) is 2.50. The van der Waals surface area contributed by atoms with Crippen LogP contribution in [0.15, 0.2) is 36.9 Å². The maximum absolute atomic E-state index is 12.6. The molecule has 0 aliphatic carbocycles. The maximum Gasteiger partial charge on any atom is 0.209 e. The van der Waals surface area contributed by atoms with Crippen LogP contribution in [-0.2, 0) is 0 Å². The van der Waals surface area contributed by atoms with Gasteiger partial charge in [-0.3, -0.25) is 4.79 Å². The van der Waals surface area contributed by atoms with E-state index in [2.05, 4.69) is 9.97 Å². The molecule has 2 aromatic rings. The molecular weight excluding hydrogens is 311 g/mol. The summed E-state index contributed by atoms with van der Waals surface area (Å²) in [4.78, 5) is 20.3. The van der Waals surface area contributed by atoms with Gasteiger partial charge in [0.2, 0.25) is 5.78 Å². The summed E-state index contributed by atoms with van der Waals surface area (Å²) >= 11 is 12.0. The lowest BCUT2D eigenvalue weighted by atomic mass is 9.93. The Balaban J connectivity index is 2.31. The third-order valence-electron chi connectivity index (χ3n) is 3.21. The Kier molecular flexibility index (Phi) is 4.80. The molecule has 110 valence electrons. The van der Waals surface area contributed by atoms with Gasteiger partial charge in [-0.05, 0) is 31.5 Å². The van der Waals surface area contributed by atoms with Crippen molar-refractivity contribution in [3.8, 4) is 5.75 Å². The monoisotopic (exact) mass is 324 g/mol. The highest BCUT2D eigenvalue weighted by Gasteiger charge is 2.35. The fraction of sp³-hybridized carbons (Fsp3) is 0.267. The highest BCUT2D eigenvalue weighted by atomic mass is 35.5. The highest BCUT2D eigenvalue weighted by molar-refractivity contribution is 6.35. The lowest BCUT2D eigenvalue weighted by Crippen LogP contribution is -2.41. The third-order valence-corrected chi connectivity index (χ3v) is 3.74. The van der Waals surface area contributed by atoms with E-state index < -0.39 is 5.60 Å². The molecule has 0 aliphatic rings. The Labute approximate surface area is 133 Å². The molecule has 0 radical (unpaired) electrons. The zero-order valence-corrected chi connectivity index (χ0v) is 13.1. The second-order valence-corrected chi connectivity index (χ2v) is 5.56. The molecule has 6 heteroatoms. The van der Waals surface area contributed by atoms with Gasteiger partial charge in [0.05, 0.1) is 10.6 Å². The lowest BCUT2D eigenvalue weighted by molar-refractivity contribution is 0.0504. The topological polar surface area (TPSA) is 52.1 Å². The summed E-state index contributed by atoms with van der Waals surface area (Å²) in [5.41, 5.74) is -0.658. The summed E-state index contributed by atoms with van der Waals surface area (Å²) in [7, 11) is 0. The van der Waals surface area contributed by atoms with Crippen molar-refractivity contribution >= 4 is 29.0 Å². The minimum absolute atomic E-state index is 0.198. The van der Waals surface area contributed by atoms with E-state index in [4.69, 9.17) is 27.9 Å². The molecule has 0 aliphatic heterocycles. The van der Waals surface area contributed by atoms with Crippen LogP contribution in [0.1, 0.15) is 30.6 Å². The summed E-state index contributed by atoms with van der Waals surface area (Å²) < 4.78 is 5.86. The van der Waals surface area contributed by atoms with Crippen molar-refractivity contribution in [2.45, 2.75) is 25.9 Å². The zero-order valence-electron chi connectivity index (χ0n) is 11.6. The SMILES string of the molecule is CCC(C)(Oc1ccc(Cl)cc1Cl)C(=O)c1cncnc1. The minimum Gasteiger partial charge on any atom is -0.478 e. The Morgan fingerprint density at radius 2 is 1.95 bits per heavy atom. The summed E-state index contributed by atoms with van der Waals surface area (Å²) in [5.74, 6) is 0.215. The molecule has 1 aromatic carbocycles. The summed E-state index contributed by atoms with van der Waals surface area (Å²) in [6.07, 6.45) is 4.78. The number of aromatic nitrogens is 2. The molecule has 4 nitrogen and oxygen atoms in total. The molecule has 1 aromatic heterocycles. The molecule has 1 unspecified atom stereocenters. The Morgan fingerprint density at radius 3 is 2.52 bits per heavy atom. The van der Waals surface area contributed by atoms with Crippen molar-refractivity contribution in [3.05, 3.63) is 52.5 Å². The van der Waals surface area contributed by atoms with Gasteiger partial charge in [0, 0.05) is 17.4 Å². The van der Waals surface area contributed by atoms with Gasteiger partial charge in [0.1, 0.15) is 12.1 Å². The number of ketones is 1. The molecule has 0 fully saturated rings. The minimum atomic E-state index is -1.05. The number of hydrogen-bond donors (Lipinski definition) is 0. The van der Waals surface area contributed by atoms with Crippen LogP contribution in [0, 0.1) is 0 Å². The van der Waals surface area contributed by atoms with E-state index in [1.165, 1.54) is 18.7 Å². The smallest absolute Gasteiger partial charge is 0.209 e. The summed E-state index contributed by atoms with van der Waals surface area (Å²) in [6.45, 7) is 3.58. The van der Waals surface area contributed by atoms with Gasteiger partial charge in [-0.2, -0.15) is 0 Å². The molecule has 0 saturated heterocycles. The molecule has 2 rings (SSSR count). The largest absolute Gasteiger partial charge is 0.478 e. The maximum atomic E-state index is 12.6. The van der Waals surface area contributed by atoms with E-state index in [1.807, 2.05) is 6.92 Å². The van der Waals surface area contributed by atoms with E-state index in [0.717, 1.165) is 0 Å². The summed E-state index contributed by atoms with van der Waals surface area (Å²) in [6, 6.07) is 4.88. The van der Waals surface area contributed by atoms with Gasteiger partial charge in [0.15, 0.2) is 5.60 Å². The Morgan fingerprint density at radius 1 is 1.29 bits per heavy atom. The molecule has 0 saturated carbocycles. The number of hydrogen-bond acceptors (Lipinski definition) is 4. The van der Waals surface area contributed by atoms with Crippen LogP contribution in [0.3, 0.4) is 0 Å². The molecular formula is C15H14Cl2N2O2. The number of carbonyl (C=O) groups is 1. The van der Waals surface area contributed by atoms with E-state index in [9.17, 15) is 4.79 Å². The lowest BCUT2D eigenvalue weighted by Gasteiger charge is -2.28. The van der Waals surface area contributed by atoms with Crippen LogP contribution in [-0.4, -0.2) is 21.4 Å². The second-order valence-electron chi connectivity index (χ2n) is 4.72. The molecule has 0 bridgehead atoms. The number of carbonyl (C=O) groups excluding carboxylic acids is 1. The van der Waals surface area contributed by atoms with E-state index >= 15 is 0 Å². The van der Waals surface area contributed by atoms with Crippen molar-refractivity contribution in [1.82, 2.24) is 9.97 Å². The third kappa shape index (κ3) is 3.52. The molecule has 1 heterocycles. The van der Waals surface area contributed by atoms with Crippen LogP contribution in [0.25, 0.3) is 0 Å². The zero-order chi connectivity index (χ0) is 15.5. The van der Waals surface area contributed by atoms with Gasteiger partial charge in [-0.25, -0.2) is 9.97 Å². The van der Waals surface area contributed by atoms with Crippen LogP contribution in [0.4, 0.5) is 0 Å². The van der Waals surface area contributed by atoms with Gasteiger partial charge < -0.3 is 4.74 Å². The number of benzene rings is 1. The van der Waals surface area contributed by atoms with Crippen LogP contribution >= 0.6 is 23.2 Å². The molecule has 21 heavy (non-hydrogen) atoms. The number of halogens is 2. The van der Waals surface area contributed by atoms with Crippen molar-refractivity contribution in [3.63, 3.8) is 0 Å². The number of rotatable bonds is 5. The number of nitrogens with zero attached hydrogens (tertiary/aromatic N) is 2. The standard InChI is InChI=1S/C15H14Cl2N2O2/c1-3-15(2,14(20)10-7-18-9-19-8-10)21-13-5-4-11(16)6-12(13)17/h4-9H,3H2,1-2H3. The van der Waals surface area contributed by atoms with Crippen LogP contribution in [0.5, 0.6) is 5.75 Å².